The Morgan fingerprint density at radius 2 is 1.96 bits per heavy atom. The predicted molar refractivity (Wildman–Crippen MR) is 88.9 cm³/mol. The van der Waals surface area contributed by atoms with Crippen LogP contribution >= 0.6 is 0 Å². The van der Waals surface area contributed by atoms with E-state index in [1.165, 1.54) is 18.4 Å². The van der Waals surface area contributed by atoms with Crippen LogP contribution in [0.15, 0.2) is 11.6 Å². The Labute approximate surface area is 139 Å². The van der Waals surface area contributed by atoms with Gasteiger partial charge in [0.2, 0.25) is 0 Å². The molecule has 1 N–H and O–H groups in total. The van der Waals surface area contributed by atoms with Gasteiger partial charge in [0.05, 0.1) is 12.2 Å². The van der Waals surface area contributed by atoms with Gasteiger partial charge in [-0.05, 0) is 73.2 Å². The second kappa shape index (κ2) is 5.16. The molecule has 3 saturated carbocycles. The summed E-state index contributed by atoms with van der Waals surface area (Å²) in [4.78, 5) is 11.9. The normalized spacial score (nSPS) is 52.4. The maximum atomic E-state index is 11.9. The third-order valence-corrected chi connectivity index (χ3v) is 8.22. The zero-order chi connectivity index (χ0) is 16.4. The topological polar surface area (TPSA) is 46.5 Å². The fourth-order valence-corrected chi connectivity index (χ4v) is 6.75. The smallest absolute Gasteiger partial charge is 0.155 e. The van der Waals surface area contributed by atoms with Crippen LogP contribution in [0.25, 0.3) is 0 Å². The summed E-state index contributed by atoms with van der Waals surface area (Å²) in [5, 5.41) is 10.8. The molecule has 0 aromatic carbocycles. The largest absolute Gasteiger partial charge is 0.390 e. The van der Waals surface area contributed by atoms with E-state index < -0.39 is 0 Å². The van der Waals surface area contributed by atoms with Crippen molar-refractivity contribution in [1.82, 2.24) is 0 Å². The highest BCUT2D eigenvalue weighted by molar-refractivity contribution is 5.91. The number of ether oxygens (including phenoxy) is 1. The van der Waals surface area contributed by atoms with Crippen LogP contribution in [-0.4, -0.2) is 30.2 Å². The number of aliphatic hydroxyl groups is 1. The molecule has 3 nitrogen and oxygen atoms in total. The summed E-state index contributed by atoms with van der Waals surface area (Å²) >= 11 is 0. The molecule has 0 amide bonds. The summed E-state index contributed by atoms with van der Waals surface area (Å²) in [7, 11) is 1.74. The number of carbonyl (C=O) groups excluding carboxylic acids is 1. The minimum absolute atomic E-state index is 0.00132. The molecular weight excluding hydrogens is 288 g/mol. The zero-order valence-corrected chi connectivity index (χ0v) is 14.7. The molecule has 0 unspecified atom stereocenters. The summed E-state index contributed by atoms with van der Waals surface area (Å²) < 4.78 is 5.60. The molecule has 0 radical (unpaired) electrons. The van der Waals surface area contributed by atoms with Gasteiger partial charge in [-0.25, -0.2) is 0 Å². The van der Waals surface area contributed by atoms with Crippen molar-refractivity contribution in [3.05, 3.63) is 11.6 Å². The van der Waals surface area contributed by atoms with E-state index in [2.05, 4.69) is 13.8 Å². The second-order valence-corrected chi connectivity index (χ2v) is 8.97. The van der Waals surface area contributed by atoms with E-state index >= 15 is 0 Å². The summed E-state index contributed by atoms with van der Waals surface area (Å²) in [5.41, 5.74) is 1.65. The lowest BCUT2D eigenvalue weighted by atomic mass is 9.47. The molecule has 0 aromatic heterocycles. The number of allylic oxidation sites excluding steroid dienone is 1. The van der Waals surface area contributed by atoms with Gasteiger partial charge in [0.25, 0.3) is 0 Å². The highest BCUT2D eigenvalue weighted by Crippen LogP contribution is 2.65. The first-order chi connectivity index (χ1) is 10.9. The average Bonchev–Trinajstić information content (AvgIpc) is 2.79. The van der Waals surface area contributed by atoms with E-state index in [0.717, 1.165) is 25.7 Å². The molecule has 0 aromatic rings. The third kappa shape index (κ3) is 2.05. The minimum Gasteiger partial charge on any atom is -0.390 e. The Bertz CT molecular complexity index is 553. The molecule has 0 spiro atoms. The fourth-order valence-electron chi connectivity index (χ4n) is 6.75. The van der Waals surface area contributed by atoms with Crippen molar-refractivity contribution < 1.29 is 14.6 Å². The number of methoxy groups -OCH3 is 1. The van der Waals surface area contributed by atoms with Crippen LogP contribution in [0, 0.1) is 28.6 Å². The number of fused-ring (bicyclic) bond motifs is 5. The van der Waals surface area contributed by atoms with Gasteiger partial charge in [0, 0.05) is 13.5 Å². The fraction of sp³-hybridized carbons (Fsp3) is 0.850. The van der Waals surface area contributed by atoms with Gasteiger partial charge in [-0.15, -0.1) is 0 Å². The molecule has 4 aliphatic rings. The van der Waals surface area contributed by atoms with Crippen LogP contribution in [0.3, 0.4) is 0 Å². The number of carbonyl (C=O) groups is 1. The lowest BCUT2D eigenvalue weighted by Gasteiger charge is -2.57. The number of aliphatic hydroxyl groups excluding tert-OH is 1. The maximum absolute atomic E-state index is 11.9. The lowest BCUT2D eigenvalue weighted by molar-refractivity contribution is -0.118. The Morgan fingerprint density at radius 1 is 1.17 bits per heavy atom. The van der Waals surface area contributed by atoms with Crippen molar-refractivity contribution >= 4 is 5.78 Å². The SMILES string of the molecule is CO[C@H]1C[C@H]2[C@@H]3CCC4=CC(=O)CC[C@]4(C)[C@H]3CC[C@]2(C)[C@@H]1O. The Hall–Kier alpha value is -0.670. The zero-order valence-electron chi connectivity index (χ0n) is 14.7. The molecule has 3 heteroatoms. The molecule has 0 bridgehead atoms. The van der Waals surface area contributed by atoms with E-state index in [0.29, 0.717) is 30.0 Å². The monoisotopic (exact) mass is 318 g/mol. The van der Waals surface area contributed by atoms with Crippen molar-refractivity contribution in [3.63, 3.8) is 0 Å². The van der Waals surface area contributed by atoms with E-state index in [-0.39, 0.29) is 23.0 Å². The standard InChI is InChI=1S/C20H30O3/c1-19-8-6-13(21)10-12(19)4-5-14-15(19)7-9-20(2)16(14)11-17(23-3)18(20)22/h10,14-18,22H,4-9,11H2,1-3H3/t14-,15+,16+,17+,18-,19+,20+/m1/s1. The number of ketones is 1. The van der Waals surface area contributed by atoms with Crippen LogP contribution < -0.4 is 0 Å². The van der Waals surface area contributed by atoms with Crippen LogP contribution in [0.4, 0.5) is 0 Å². The van der Waals surface area contributed by atoms with E-state index in [1.807, 2.05) is 6.08 Å². The number of hydrogen-bond acceptors (Lipinski definition) is 3. The van der Waals surface area contributed by atoms with E-state index in [4.69, 9.17) is 4.74 Å². The second-order valence-electron chi connectivity index (χ2n) is 8.97. The third-order valence-electron chi connectivity index (χ3n) is 8.22. The van der Waals surface area contributed by atoms with Crippen molar-refractivity contribution in [3.8, 4) is 0 Å². The molecular formula is C20H30O3. The average molecular weight is 318 g/mol. The first-order valence-electron chi connectivity index (χ1n) is 9.35. The number of hydrogen-bond donors (Lipinski definition) is 1. The van der Waals surface area contributed by atoms with Gasteiger partial charge in [-0.2, -0.15) is 0 Å². The van der Waals surface area contributed by atoms with Gasteiger partial charge < -0.3 is 9.84 Å². The van der Waals surface area contributed by atoms with Crippen molar-refractivity contribution in [2.24, 2.45) is 28.6 Å². The van der Waals surface area contributed by atoms with Gasteiger partial charge in [-0.1, -0.05) is 19.4 Å². The molecule has 23 heavy (non-hydrogen) atoms. The molecule has 0 aliphatic heterocycles. The van der Waals surface area contributed by atoms with E-state index in [9.17, 15) is 9.90 Å². The van der Waals surface area contributed by atoms with Crippen LogP contribution in [-0.2, 0) is 9.53 Å². The molecule has 4 aliphatic carbocycles. The molecule has 3 fully saturated rings. The summed E-state index contributed by atoms with van der Waals surface area (Å²) in [5.74, 6) is 2.25. The predicted octanol–water partition coefficient (Wildman–Crippen LogP) is 3.50. The van der Waals surface area contributed by atoms with Crippen molar-refractivity contribution in [2.45, 2.75) is 71.0 Å². The molecule has 128 valence electrons. The molecule has 0 saturated heterocycles. The number of rotatable bonds is 1. The van der Waals surface area contributed by atoms with E-state index in [1.54, 1.807) is 7.11 Å². The molecule has 4 rings (SSSR count). The van der Waals surface area contributed by atoms with Gasteiger partial charge in [-0.3, -0.25) is 4.79 Å². The van der Waals surface area contributed by atoms with Crippen LogP contribution in [0.2, 0.25) is 0 Å². The first-order valence-corrected chi connectivity index (χ1v) is 9.35. The first kappa shape index (κ1) is 15.8. The minimum atomic E-state index is -0.323. The Kier molecular flexibility index (Phi) is 3.55. The molecule has 7 atom stereocenters. The summed E-state index contributed by atoms with van der Waals surface area (Å²) in [6.07, 6.45) is 8.93. The highest BCUT2D eigenvalue weighted by Gasteiger charge is 2.61. The Balaban J connectivity index is 1.67. The van der Waals surface area contributed by atoms with Gasteiger partial charge in [0.15, 0.2) is 5.78 Å². The van der Waals surface area contributed by atoms with Crippen molar-refractivity contribution in [2.75, 3.05) is 7.11 Å². The van der Waals surface area contributed by atoms with Crippen molar-refractivity contribution in [1.29, 1.82) is 0 Å². The summed E-state index contributed by atoms with van der Waals surface area (Å²) in [6, 6.07) is 0. The lowest BCUT2D eigenvalue weighted by Crippen LogP contribution is -2.51. The Morgan fingerprint density at radius 3 is 2.70 bits per heavy atom. The quantitative estimate of drug-likeness (QED) is 0.805. The highest BCUT2D eigenvalue weighted by atomic mass is 16.5. The summed E-state index contributed by atoms with van der Waals surface area (Å²) in [6.45, 7) is 4.69. The van der Waals surface area contributed by atoms with Crippen LogP contribution in [0.1, 0.15) is 58.8 Å². The van der Waals surface area contributed by atoms with Crippen LogP contribution in [0.5, 0.6) is 0 Å². The molecule has 0 heterocycles. The van der Waals surface area contributed by atoms with Gasteiger partial charge in [0.1, 0.15) is 0 Å². The maximum Gasteiger partial charge on any atom is 0.155 e. The van der Waals surface area contributed by atoms with Gasteiger partial charge >= 0.3 is 0 Å².